The topological polar surface area (TPSA) is 44.7 Å². The number of morpholine rings is 1. The standard InChI is InChI=1S/C14H30N2O2/c1-5-15-13(14(2,3)4)6-7-16-8-9-18-11-12(16)10-17/h12-13,15,17H,5-11H2,1-4H3. The SMILES string of the molecule is CCNC(CCN1CCOCC1CO)C(C)(C)C. The molecule has 0 aromatic carbocycles. The molecule has 18 heavy (non-hydrogen) atoms. The lowest BCUT2D eigenvalue weighted by molar-refractivity contribution is -0.0298. The minimum atomic E-state index is 0.181. The molecule has 1 rings (SSSR count). The molecule has 2 atom stereocenters. The lowest BCUT2D eigenvalue weighted by atomic mass is 9.84. The molecule has 0 bridgehead atoms. The Kier molecular flexibility index (Phi) is 6.57. The van der Waals surface area contributed by atoms with Crippen LogP contribution < -0.4 is 5.32 Å². The Bertz CT molecular complexity index is 228. The van der Waals surface area contributed by atoms with Crippen molar-refractivity contribution >= 4 is 0 Å². The molecule has 4 heteroatoms. The molecule has 0 aromatic rings. The maximum atomic E-state index is 9.35. The zero-order valence-corrected chi connectivity index (χ0v) is 12.4. The number of nitrogens with zero attached hydrogens (tertiary/aromatic N) is 1. The summed E-state index contributed by atoms with van der Waals surface area (Å²) in [4.78, 5) is 2.36. The molecule has 108 valence electrons. The highest BCUT2D eigenvalue weighted by Crippen LogP contribution is 2.22. The van der Waals surface area contributed by atoms with Gasteiger partial charge in [0.1, 0.15) is 0 Å². The van der Waals surface area contributed by atoms with Gasteiger partial charge in [-0.15, -0.1) is 0 Å². The molecule has 2 N–H and O–H groups in total. The van der Waals surface area contributed by atoms with Gasteiger partial charge in [0, 0.05) is 19.1 Å². The van der Waals surface area contributed by atoms with E-state index in [1.165, 1.54) is 0 Å². The van der Waals surface area contributed by atoms with Gasteiger partial charge in [-0.1, -0.05) is 27.7 Å². The third-order valence-corrected chi connectivity index (χ3v) is 3.76. The first-order valence-electron chi connectivity index (χ1n) is 7.15. The van der Waals surface area contributed by atoms with E-state index in [0.29, 0.717) is 12.6 Å². The minimum Gasteiger partial charge on any atom is -0.395 e. The minimum absolute atomic E-state index is 0.181. The van der Waals surface area contributed by atoms with Crippen LogP contribution in [0.5, 0.6) is 0 Å². The molecule has 0 radical (unpaired) electrons. The molecule has 0 spiro atoms. The van der Waals surface area contributed by atoms with Crippen molar-refractivity contribution in [3.63, 3.8) is 0 Å². The molecular formula is C14H30N2O2. The van der Waals surface area contributed by atoms with Gasteiger partial charge in [-0.25, -0.2) is 0 Å². The fourth-order valence-corrected chi connectivity index (χ4v) is 2.53. The Morgan fingerprint density at radius 1 is 1.44 bits per heavy atom. The van der Waals surface area contributed by atoms with Crippen LogP contribution in [0.25, 0.3) is 0 Å². The number of hydrogen-bond donors (Lipinski definition) is 2. The average Bonchev–Trinajstić information content (AvgIpc) is 2.33. The molecule has 1 heterocycles. The number of nitrogens with one attached hydrogen (secondary N) is 1. The second-order valence-corrected chi connectivity index (χ2v) is 6.21. The summed E-state index contributed by atoms with van der Waals surface area (Å²) >= 11 is 0. The van der Waals surface area contributed by atoms with Gasteiger partial charge < -0.3 is 15.2 Å². The van der Waals surface area contributed by atoms with E-state index >= 15 is 0 Å². The highest BCUT2D eigenvalue weighted by atomic mass is 16.5. The Morgan fingerprint density at radius 3 is 2.72 bits per heavy atom. The van der Waals surface area contributed by atoms with Crippen molar-refractivity contribution in [1.29, 1.82) is 0 Å². The van der Waals surface area contributed by atoms with E-state index in [1.54, 1.807) is 0 Å². The predicted molar refractivity (Wildman–Crippen MR) is 74.8 cm³/mol. The van der Waals surface area contributed by atoms with Crippen molar-refractivity contribution in [3.8, 4) is 0 Å². The molecule has 1 aliphatic heterocycles. The number of hydrogen-bond acceptors (Lipinski definition) is 4. The summed E-state index contributed by atoms with van der Waals surface area (Å²) in [7, 11) is 0. The zero-order chi connectivity index (χ0) is 13.6. The normalized spacial score (nSPS) is 24.2. The lowest BCUT2D eigenvalue weighted by Crippen LogP contribution is -2.50. The van der Waals surface area contributed by atoms with Crippen molar-refractivity contribution in [2.24, 2.45) is 5.41 Å². The van der Waals surface area contributed by atoms with Gasteiger partial charge in [-0.05, 0) is 18.4 Å². The van der Waals surface area contributed by atoms with Gasteiger partial charge >= 0.3 is 0 Å². The fourth-order valence-electron chi connectivity index (χ4n) is 2.53. The van der Waals surface area contributed by atoms with Crippen LogP contribution in [0.15, 0.2) is 0 Å². The molecule has 2 unspecified atom stereocenters. The molecule has 0 aliphatic carbocycles. The Morgan fingerprint density at radius 2 is 2.17 bits per heavy atom. The Balaban J connectivity index is 2.45. The average molecular weight is 258 g/mol. The third kappa shape index (κ3) is 4.84. The summed E-state index contributed by atoms with van der Waals surface area (Å²) in [5.41, 5.74) is 0.275. The fraction of sp³-hybridized carbons (Fsp3) is 1.00. The third-order valence-electron chi connectivity index (χ3n) is 3.76. The lowest BCUT2D eigenvalue weighted by Gasteiger charge is -2.37. The van der Waals surface area contributed by atoms with Crippen molar-refractivity contribution in [2.75, 3.05) is 39.5 Å². The van der Waals surface area contributed by atoms with E-state index in [4.69, 9.17) is 4.74 Å². The maximum Gasteiger partial charge on any atom is 0.0644 e. The second-order valence-electron chi connectivity index (χ2n) is 6.21. The smallest absolute Gasteiger partial charge is 0.0644 e. The molecule has 4 nitrogen and oxygen atoms in total. The predicted octanol–water partition coefficient (Wildman–Crippen LogP) is 1.09. The van der Waals surface area contributed by atoms with E-state index in [-0.39, 0.29) is 18.1 Å². The second kappa shape index (κ2) is 7.43. The monoisotopic (exact) mass is 258 g/mol. The van der Waals surface area contributed by atoms with Crippen LogP contribution in [0.3, 0.4) is 0 Å². The van der Waals surface area contributed by atoms with E-state index in [0.717, 1.165) is 32.7 Å². The zero-order valence-electron chi connectivity index (χ0n) is 12.4. The summed E-state index contributed by atoms with van der Waals surface area (Å²) in [6, 6.07) is 0.700. The van der Waals surface area contributed by atoms with Crippen LogP contribution in [0, 0.1) is 5.41 Å². The van der Waals surface area contributed by atoms with E-state index in [9.17, 15) is 5.11 Å². The number of ether oxygens (including phenoxy) is 1. The van der Waals surface area contributed by atoms with Crippen LogP contribution in [0.4, 0.5) is 0 Å². The quantitative estimate of drug-likeness (QED) is 0.749. The van der Waals surface area contributed by atoms with Crippen LogP contribution in [-0.4, -0.2) is 61.5 Å². The molecular weight excluding hydrogens is 228 g/mol. The van der Waals surface area contributed by atoms with E-state index in [2.05, 4.69) is 37.9 Å². The number of aliphatic hydroxyl groups is 1. The van der Waals surface area contributed by atoms with Gasteiger partial charge in [-0.2, -0.15) is 0 Å². The van der Waals surface area contributed by atoms with Crippen LogP contribution in [-0.2, 0) is 4.74 Å². The highest BCUT2D eigenvalue weighted by molar-refractivity contribution is 4.83. The van der Waals surface area contributed by atoms with Crippen molar-refractivity contribution in [3.05, 3.63) is 0 Å². The Labute approximate surface area is 112 Å². The number of aliphatic hydroxyl groups excluding tert-OH is 1. The van der Waals surface area contributed by atoms with Crippen molar-refractivity contribution < 1.29 is 9.84 Å². The van der Waals surface area contributed by atoms with Crippen LogP contribution in [0.1, 0.15) is 34.1 Å². The number of rotatable bonds is 6. The van der Waals surface area contributed by atoms with Gasteiger partial charge in [0.25, 0.3) is 0 Å². The molecule has 0 saturated carbocycles. The van der Waals surface area contributed by atoms with Crippen LogP contribution >= 0.6 is 0 Å². The Hall–Kier alpha value is -0.160. The molecule has 0 aromatic heterocycles. The van der Waals surface area contributed by atoms with E-state index < -0.39 is 0 Å². The molecule has 1 aliphatic rings. The summed E-state index contributed by atoms with van der Waals surface area (Å²) < 4.78 is 5.41. The van der Waals surface area contributed by atoms with Gasteiger partial charge in [0.2, 0.25) is 0 Å². The van der Waals surface area contributed by atoms with Crippen molar-refractivity contribution in [1.82, 2.24) is 10.2 Å². The molecule has 0 amide bonds. The highest BCUT2D eigenvalue weighted by Gasteiger charge is 2.27. The summed E-state index contributed by atoms with van der Waals surface area (Å²) in [6.45, 7) is 13.6. The summed E-state index contributed by atoms with van der Waals surface area (Å²) in [5.74, 6) is 0. The van der Waals surface area contributed by atoms with Gasteiger partial charge in [-0.3, -0.25) is 4.90 Å². The first-order chi connectivity index (χ1) is 8.49. The maximum absolute atomic E-state index is 9.35. The van der Waals surface area contributed by atoms with Crippen molar-refractivity contribution in [2.45, 2.75) is 46.2 Å². The van der Waals surface area contributed by atoms with Gasteiger partial charge in [0.15, 0.2) is 0 Å². The molecule has 1 saturated heterocycles. The van der Waals surface area contributed by atoms with E-state index in [1.807, 2.05) is 0 Å². The first-order valence-corrected chi connectivity index (χ1v) is 7.15. The summed E-state index contributed by atoms with van der Waals surface area (Å²) in [6.07, 6.45) is 1.12. The van der Waals surface area contributed by atoms with Crippen LogP contribution in [0.2, 0.25) is 0 Å². The first kappa shape index (κ1) is 15.9. The van der Waals surface area contributed by atoms with Gasteiger partial charge in [0.05, 0.1) is 25.9 Å². The largest absolute Gasteiger partial charge is 0.395 e. The summed E-state index contributed by atoms with van der Waals surface area (Å²) in [5, 5.41) is 12.9. The molecule has 1 fully saturated rings.